The van der Waals surface area contributed by atoms with Gasteiger partial charge in [-0.1, -0.05) is 38.1 Å². The maximum atomic E-state index is 10.8. The molecule has 2 aliphatic rings. The van der Waals surface area contributed by atoms with Gasteiger partial charge in [-0.3, -0.25) is 0 Å². The average molecular weight is 380 g/mol. The number of ether oxygens (including phenoxy) is 2. The number of hydrogen-bond donors (Lipinski definition) is 0. The van der Waals surface area contributed by atoms with Crippen molar-refractivity contribution in [3.63, 3.8) is 0 Å². The first kappa shape index (κ1) is 24.4. The van der Waals surface area contributed by atoms with Crippen molar-refractivity contribution in [1.82, 2.24) is 0 Å². The van der Waals surface area contributed by atoms with Gasteiger partial charge in [0, 0.05) is 0 Å². The number of carbonyl (C=O) groups is 4. The maximum Gasteiger partial charge on any atom is 1.00 e. The molecule has 0 aliphatic carbocycles. The number of fused-ring (bicyclic) bond motifs is 2. The number of rotatable bonds is 0. The minimum atomic E-state index is -0.550. The standard InChI is InChI=1S/2C8H4O3.C2H6.CH3.K/c2*9-7-5-3-1-2-4-6(5)8(10)11-7;1-2;;/h2*1-4H;1-2H3;1H3;/q;;;-1;+1. The minimum absolute atomic E-state index is 0. The van der Waals surface area contributed by atoms with Crippen LogP contribution < -0.4 is 51.4 Å². The molecule has 0 radical (unpaired) electrons. The molecule has 0 fully saturated rings. The van der Waals surface area contributed by atoms with E-state index in [1.165, 1.54) is 0 Å². The van der Waals surface area contributed by atoms with Crippen LogP contribution in [-0.4, -0.2) is 23.9 Å². The van der Waals surface area contributed by atoms with Gasteiger partial charge in [0.2, 0.25) is 0 Å². The van der Waals surface area contributed by atoms with Crippen LogP contribution in [0.3, 0.4) is 0 Å². The third kappa shape index (κ3) is 5.18. The molecule has 4 rings (SSSR count). The molecular weight excluding hydrogens is 363 g/mol. The average Bonchev–Trinajstić information content (AvgIpc) is 3.07. The summed E-state index contributed by atoms with van der Waals surface area (Å²) in [5, 5.41) is 0. The van der Waals surface area contributed by atoms with Crippen LogP contribution >= 0.6 is 0 Å². The fraction of sp³-hybridized carbons (Fsp3) is 0.105. The summed E-state index contributed by atoms with van der Waals surface area (Å²) in [6.45, 7) is 4.00. The molecule has 0 atom stereocenters. The van der Waals surface area contributed by atoms with Crippen LogP contribution in [0.15, 0.2) is 48.5 Å². The van der Waals surface area contributed by atoms with Crippen LogP contribution in [-0.2, 0) is 9.47 Å². The van der Waals surface area contributed by atoms with Gasteiger partial charge in [0.1, 0.15) is 0 Å². The Kier molecular flexibility index (Phi) is 10.4. The van der Waals surface area contributed by atoms with Crippen molar-refractivity contribution < 1.29 is 80.0 Å². The van der Waals surface area contributed by atoms with E-state index in [2.05, 4.69) is 9.47 Å². The third-order valence-electron chi connectivity index (χ3n) is 3.10. The number of cyclic esters (lactones) is 4. The Morgan fingerprint density at radius 2 is 0.731 bits per heavy atom. The molecule has 2 aromatic rings. The number of carbonyl (C=O) groups excluding carboxylic acids is 4. The Morgan fingerprint density at radius 1 is 0.538 bits per heavy atom. The summed E-state index contributed by atoms with van der Waals surface area (Å²) in [5.74, 6) is -2.20. The Bertz CT molecular complexity index is 693. The molecule has 2 heterocycles. The van der Waals surface area contributed by atoms with E-state index >= 15 is 0 Å². The Labute approximate surface area is 194 Å². The normalized spacial score (nSPS) is 12.5. The van der Waals surface area contributed by atoms with Crippen molar-refractivity contribution in [3.8, 4) is 0 Å². The van der Waals surface area contributed by atoms with Gasteiger partial charge in [0.05, 0.1) is 22.3 Å². The summed E-state index contributed by atoms with van der Waals surface area (Å²) in [7, 11) is 0. The van der Waals surface area contributed by atoms with E-state index in [0.717, 1.165) is 0 Å². The summed E-state index contributed by atoms with van der Waals surface area (Å²) < 4.78 is 8.71. The van der Waals surface area contributed by atoms with Crippen molar-refractivity contribution in [1.29, 1.82) is 0 Å². The summed E-state index contributed by atoms with van der Waals surface area (Å²) >= 11 is 0. The number of esters is 4. The predicted octanol–water partition coefficient (Wildman–Crippen LogP) is 0.475. The maximum absolute atomic E-state index is 10.8. The second-order valence-electron chi connectivity index (χ2n) is 4.45. The van der Waals surface area contributed by atoms with Gasteiger partial charge in [0.25, 0.3) is 0 Å². The van der Waals surface area contributed by atoms with Crippen LogP contribution in [0.2, 0.25) is 0 Å². The van der Waals surface area contributed by atoms with E-state index in [1.807, 2.05) is 13.8 Å². The molecule has 7 heteroatoms. The van der Waals surface area contributed by atoms with Crippen LogP contribution in [0.25, 0.3) is 0 Å². The van der Waals surface area contributed by atoms with Gasteiger partial charge in [-0.25, -0.2) is 19.2 Å². The van der Waals surface area contributed by atoms with Gasteiger partial charge in [-0.15, -0.1) is 0 Å². The first-order valence-electron chi connectivity index (χ1n) is 7.29. The molecule has 0 saturated carbocycles. The Balaban J connectivity index is 0.000000410. The first-order chi connectivity index (χ1) is 11.6. The molecule has 2 aliphatic heterocycles. The fourth-order valence-electron chi connectivity index (χ4n) is 2.07. The molecule has 2 aromatic carbocycles. The number of hydrogen-bond acceptors (Lipinski definition) is 6. The topological polar surface area (TPSA) is 86.7 Å². The largest absolute Gasteiger partial charge is 1.00 e. The summed E-state index contributed by atoms with van der Waals surface area (Å²) in [5.41, 5.74) is 1.44. The van der Waals surface area contributed by atoms with Gasteiger partial charge in [-0.05, 0) is 24.3 Å². The van der Waals surface area contributed by atoms with Crippen LogP contribution in [0, 0.1) is 7.43 Å². The monoisotopic (exact) mass is 380 g/mol. The number of benzene rings is 2. The van der Waals surface area contributed by atoms with Gasteiger partial charge in [-0.2, -0.15) is 0 Å². The van der Waals surface area contributed by atoms with Crippen molar-refractivity contribution in [2.24, 2.45) is 0 Å². The van der Waals surface area contributed by atoms with Crippen LogP contribution in [0.4, 0.5) is 0 Å². The van der Waals surface area contributed by atoms with Crippen LogP contribution in [0.5, 0.6) is 0 Å². The van der Waals surface area contributed by atoms with Gasteiger partial charge < -0.3 is 16.9 Å². The van der Waals surface area contributed by atoms with Crippen molar-refractivity contribution in [2.75, 3.05) is 0 Å². The summed E-state index contributed by atoms with van der Waals surface area (Å²) in [6, 6.07) is 13.1. The molecule has 0 amide bonds. The van der Waals surface area contributed by atoms with Crippen molar-refractivity contribution >= 4 is 23.9 Å². The zero-order chi connectivity index (χ0) is 17.7. The molecule has 130 valence electrons. The molecule has 0 bridgehead atoms. The molecule has 0 saturated heterocycles. The van der Waals surface area contributed by atoms with Gasteiger partial charge >= 0.3 is 75.3 Å². The SMILES string of the molecule is CC.O=C1OC(=O)c2ccccc21.O=C1OC(=O)c2ccccc21.[CH3-].[K+]. The first-order valence-corrected chi connectivity index (χ1v) is 7.29. The van der Waals surface area contributed by atoms with Crippen molar-refractivity contribution in [3.05, 3.63) is 78.2 Å². The summed E-state index contributed by atoms with van der Waals surface area (Å²) in [4.78, 5) is 43.3. The van der Waals surface area contributed by atoms with E-state index in [9.17, 15) is 19.2 Å². The quantitative estimate of drug-likeness (QED) is 0.286. The molecule has 0 unspecified atom stereocenters. The minimum Gasteiger partial charge on any atom is -0.386 e. The summed E-state index contributed by atoms with van der Waals surface area (Å²) in [6.07, 6.45) is 0. The zero-order valence-electron chi connectivity index (χ0n) is 15.1. The second-order valence-corrected chi connectivity index (χ2v) is 4.45. The van der Waals surface area contributed by atoms with E-state index in [4.69, 9.17) is 0 Å². The third-order valence-corrected chi connectivity index (χ3v) is 3.10. The molecule has 26 heavy (non-hydrogen) atoms. The second kappa shape index (κ2) is 11.2. The van der Waals surface area contributed by atoms with E-state index in [0.29, 0.717) is 22.3 Å². The van der Waals surface area contributed by atoms with Gasteiger partial charge in [0.15, 0.2) is 0 Å². The Hall–Kier alpha value is -1.64. The van der Waals surface area contributed by atoms with Crippen LogP contribution in [0.1, 0.15) is 55.3 Å². The van der Waals surface area contributed by atoms with E-state index in [1.54, 1.807) is 48.5 Å². The molecular formula is C19H17KO6. The van der Waals surface area contributed by atoms with E-state index < -0.39 is 23.9 Å². The van der Waals surface area contributed by atoms with E-state index in [-0.39, 0.29) is 58.8 Å². The zero-order valence-corrected chi connectivity index (χ0v) is 18.2. The molecule has 0 aromatic heterocycles. The smallest absolute Gasteiger partial charge is 0.386 e. The molecule has 0 N–H and O–H groups in total. The fourth-order valence-corrected chi connectivity index (χ4v) is 2.07. The predicted molar refractivity (Wildman–Crippen MR) is 90.1 cm³/mol. The Morgan fingerprint density at radius 3 is 0.923 bits per heavy atom. The van der Waals surface area contributed by atoms with Crippen molar-refractivity contribution in [2.45, 2.75) is 13.8 Å². The molecule has 0 spiro atoms. The molecule has 6 nitrogen and oxygen atoms in total.